The molecule has 0 saturated carbocycles. The topological polar surface area (TPSA) is 0 Å². The standard InChI is InChI=1S/2C7H9.C4H10Si.2ClH.Zr/c2*1-6-4-3-5-7(6)2;1-3-5-4-2;;;/h2*3-5H,1-2H3;3-4H2,1-2H3;2*1H;/q2*-1;;;;+2/p-2. The molecule has 0 unspecified atom stereocenters. The first-order valence-corrected chi connectivity index (χ1v) is 13.0. The Bertz CT molecular complexity index is 423. The van der Waals surface area contributed by atoms with Gasteiger partial charge in [0.2, 0.25) is 0 Å². The summed E-state index contributed by atoms with van der Waals surface area (Å²) in [6, 6.07) is 15.6. The molecule has 0 amide bonds. The molecule has 0 aromatic heterocycles. The maximum Gasteiger partial charge on any atom is -0.0632 e. The van der Waals surface area contributed by atoms with E-state index in [0.29, 0.717) is 0 Å². The monoisotopic (exact) mass is 432 g/mol. The van der Waals surface area contributed by atoms with Crippen molar-refractivity contribution in [2.45, 2.75) is 53.6 Å². The van der Waals surface area contributed by atoms with E-state index < -0.39 is 0 Å². The van der Waals surface area contributed by atoms with Crippen molar-refractivity contribution in [3.63, 3.8) is 0 Å². The van der Waals surface area contributed by atoms with E-state index >= 15 is 0 Å². The van der Waals surface area contributed by atoms with Crippen LogP contribution in [-0.2, 0) is 23.3 Å². The summed E-state index contributed by atoms with van der Waals surface area (Å²) in [7, 11) is 0. The smallest absolute Gasteiger partial charge is 0.0632 e. The molecule has 0 N–H and O–H groups in total. The van der Waals surface area contributed by atoms with Crippen molar-refractivity contribution in [3.8, 4) is 0 Å². The summed E-state index contributed by atoms with van der Waals surface area (Å²) in [4.78, 5) is 0. The Labute approximate surface area is 165 Å². The van der Waals surface area contributed by atoms with E-state index in [4.69, 9.17) is 0 Å². The normalized spacial score (nSPS) is 8.36. The van der Waals surface area contributed by atoms with Gasteiger partial charge in [-0.1, -0.05) is 27.7 Å². The zero-order valence-electron chi connectivity index (χ0n) is 14.6. The molecule has 0 heterocycles. The molecule has 0 aliphatic rings. The third-order valence-corrected chi connectivity index (χ3v) is 10.4. The summed E-state index contributed by atoms with van der Waals surface area (Å²) in [5.74, 6) is 0. The van der Waals surface area contributed by atoms with Gasteiger partial charge in [-0.05, 0) is 0 Å². The minimum Gasteiger partial charge on any atom is -1.00 e. The van der Waals surface area contributed by atoms with Gasteiger partial charge in [0.15, 0.2) is 0 Å². The Morgan fingerprint density at radius 1 is 0.818 bits per heavy atom. The predicted molar refractivity (Wildman–Crippen MR) is 89.7 cm³/mol. The fourth-order valence-electron chi connectivity index (χ4n) is 1.45. The summed E-state index contributed by atoms with van der Waals surface area (Å²) in [5.41, 5.74) is 5.78. The summed E-state index contributed by atoms with van der Waals surface area (Å²) >= 11 is 1.80. The van der Waals surface area contributed by atoms with Gasteiger partial charge in [0.25, 0.3) is 0 Å². The molecule has 124 valence electrons. The van der Waals surface area contributed by atoms with Crippen LogP contribution in [0.15, 0.2) is 36.4 Å². The maximum absolute atomic E-state index is 2.30. The molecule has 2 aromatic rings. The van der Waals surface area contributed by atoms with E-state index in [1.807, 2.05) is 0 Å². The molecule has 0 nitrogen and oxygen atoms in total. The summed E-state index contributed by atoms with van der Waals surface area (Å²) in [6.45, 7) is 13.1. The van der Waals surface area contributed by atoms with E-state index in [9.17, 15) is 0 Å². The van der Waals surface area contributed by atoms with Crippen LogP contribution in [-0.4, -0.2) is 5.43 Å². The maximum atomic E-state index is 2.30. The van der Waals surface area contributed by atoms with Gasteiger partial charge in [-0.15, -0.1) is 0 Å². The Morgan fingerprint density at radius 2 is 1.14 bits per heavy atom. The number of rotatable bonds is 2. The first-order valence-electron chi connectivity index (χ1n) is 7.36. The summed E-state index contributed by atoms with van der Waals surface area (Å²) in [6.07, 6.45) is 0. The minimum absolute atomic E-state index is 0. The van der Waals surface area contributed by atoms with Crippen LogP contribution in [0.2, 0.25) is 12.1 Å². The molecule has 0 aliphatic heterocycles. The summed E-state index contributed by atoms with van der Waals surface area (Å²) in [5, 5.41) is 0. The molecule has 0 bridgehead atoms. The molecule has 2 rings (SSSR count). The van der Waals surface area contributed by atoms with Crippen molar-refractivity contribution < 1.29 is 48.1 Å². The summed E-state index contributed by atoms with van der Waals surface area (Å²) < 4.78 is 0. The first-order chi connectivity index (χ1) is 9.42. The molecule has 0 aliphatic carbocycles. The molecular weight excluding hydrogens is 406 g/mol. The van der Waals surface area contributed by atoms with Crippen molar-refractivity contribution in [1.29, 1.82) is 0 Å². The fourth-order valence-corrected chi connectivity index (χ4v) is 1.95. The van der Waals surface area contributed by atoms with Crippen molar-refractivity contribution in [2.24, 2.45) is 0 Å². The molecule has 4 heteroatoms. The third-order valence-electron chi connectivity index (χ3n) is 3.48. The molecule has 0 saturated heterocycles. The van der Waals surface area contributed by atoms with Crippen molar-refractivity contribution >= 4 is 5.43 Å². The van der Waals surface area contributed by atoms with E-state index in [2.05, 4.69) is 77.9 Å². The van der Waals surface area contributed by atoms with Gasteiger partial charge in [-0.2, -0.15) is 46.5 Å². The molecule has 0 fully saturated rings. The van der Waals surface area contributed by atoms with E-state index in [0.717, 1.165) is 0 Å². The van der Waals surface area contributed by atoms with Gasteiger partial charge >= 0.3 is 54.7 Å². The zero-order valence-corrected chi connectivity index (χ0v) is 19.6. The molecule has 22 heavy (non-hydrogen) atoms. The van der Waals surface area contributed by atoms with Crippen molar-refractivity contribution in [3.05, 3.63) is 58.7 Å². The fraction of sp³-hybridized carbons (Fsp3) is 0.444. The largest absolute Gasteiger partial charge is 1.00 e. The van der Waals surface area contributed by atoms with E-state index in [1.165, 1.54) is 34.3 Å². The molecule has 2 aromatic carbocycles. The van der Waals surface area contributed by atoms with E-state index in [1.54, 1.807) is 23.3 Å². The minimum atomic E-state index is 0. The second-order valence-corrected chi connectivity index (χ2v) is 12.9. The second-order valence-electron chi connectivity index (χ2n) is 5.09. The average Bonchev–Trinajstić information content (AvgIpc) is 3.00. The van der Waals surface area contributed by atoms with E-state index in [-0.39, 0.29) is 30.2 Å². The van der Waals surface area contributed by atoms with Crippen LogP contribution in [0.1, 0.15) is 36.1 Å². The van der Waals surface area contributed by atoms with Gasteiger partial charge in [0.1, 0.15) is 0 Å². The van der Waals surface area contributed by atoms with Crippen LogP contribution in [0.4, 0.5) is 0 Å². The molecule has 0 spiro atoms. The second kappa shape index (κ2) is 16.2. The Balaban J connectivity index is -0.000000237. The van der Waals surface area contributed by atoms with Gasteiger partial charge in [-0.3, -0.25) is 0 Å². The van der Waals surface area contributed by atoms with Crippen LogP contribution in [0.25, 0.3) is 0 Å². The van der Waals surface area contributed by atoms with Gasteiger partial charge in [0, 0.05) is 0 Å². The Kier molecular flexibility index (Phi) is 20.1. The van der Waals surface area contributed by atoms with Gasteiger partial charge in [0.05, 0.1) is 0 Å². The average molecular weight is 435 g/mol. The van der Waals surface area contributed by atoms with Crippen LogP contribution < -0.4 is 24.8 Å². The zero-order chi connectivity index (χ0) is 15.5. The molecule has 0 radical (unpaired) electrons. The van der Waals surface area contributed by atoms with Crippen LogP contribution in [0.3, 0.4) is 0 Å². The van der Waals surface area contributed by atoms with Crippen LogP contribution >= 0.6 is 0 Å². The quantitative estimate of drug-likeness (QED) is 0.447. The SMILES string of the molecule is CC[Si](=[Zr+2])CC.Cc1cc[cH-]c1C.Cc1cc[cH-]c1C.[Cl-].[Cl-]. The number of halogens is 2. The third kappa shape index (κ3) is 12.9. The first kappa shape index (κ1) is 27.2. The number of hydrogen-bond acceptors (Lipinski definition) is 0. The number of aryl methyl sites for hydroxylation is 4. The van der Waals surface area contributed by atoms with Crippen LogP contribution in [0, 0.1) is 27.7 Å². The number of hydrogen-bond donors (Lipinski definition) is 0. The van der Waals surface area contributed by atoms with Crippen molar-refractivity contribution in [1.82, 2.24) is 0 Å². The molecular formula is C18H28Cl2SiZr-2. The van der Waals surface area contributed by atoms with Gasteiger partial charge in [-0.25, -0.2) is 12.1 Å². The predicted octanol–water partition coefficient (Wildman–Crippen LogP) is -0.383. The van der Waals surface area contributed by atoms with Crippen molar-refractivity contribution in [2.75, 3.05) is 0 Å². The van der Waals surface area contributed by atoms with Crippen LogP contribution in [0.5, 0.6) is 0 Å². The molecule has 0 atom stereocenters. The van der Waals surface area contributed by atoms with Gasteiger partial charge < -0.3 is 24.8 Å². The Morgan fingerprint density at radius 3 is 1.18 bits per heavy atom. The Hall–Kier alpha value is 0.380.